The van der Waals surface area contributed by atoms with Gasteiger partial charge in [-0.15, -0.1) is 0 Å². The van der Waals surface area contributed by atoms with Gasteiger partial charge in [0.25, 0.3) is 0 Å². The third kappa shape index (κ3) is 5.05. The summed E-state index contributed by atoms with van der Waals surface area (Å²) in [5.41, 5.74) is 3.02. The number of rotatable bonds is 6. The first kappa shape index (κ1) is 17.5. The SMILES string of the molecule is COc1ccc(NC(=O)C[C@H]2CNCCO2)cc1Cc1ccccc1. The van der Waals surface area contributed by atoms with Crippen molar-refractivity contribution in [1.82, 2.24) is 5.32 Å². The van der Waals surface area contributed by atoms with E-state index < -0.39 is 0 Å². The smallest absolute Gasteiger partial charge is 0.227 e. The van der Waals surface area contributed by atoms with Gasteiger partial charge in [-0.1, -0.05) is 30.3 Å². The first-order chi connectivity index (χ1) is 12.2. The molecule has 2 N–H and O–H groups in total. The summed E-state index contributed by atoms with van der Waals surface area (Å²) < 4.78 is 11.0. The minimum atomic E-state index is -0.0595. The van der Waals surface area contributed by atoms with Crippen LogP contribution in [0.25, 0.3) is 0 Å². The van der Waals surface area contributed by atoms with Gasteiger partial charge >= 0.3 is 0 Å². The van der Waals surface area contributed by atoms with E-state index >= 15 is 0 Å². The number of hydrogen-bond donors (Lipinski definition) is 2. The maximum atomic E-state index is 12.3. The molecule has 0 aliphatic carbocycles. The van der Waals surface area contributed by atoms with Gasteiger partial charge in [0.2, 0.25) is 5.91 Å². The lowest BCUT2D eigenvalue weighted by molar-refractivity contribution is -0.119. The second-order valence-electron chi connectivity index (χ2n) is 6.14. The minimum absolute atomic E-state index is 0.0375. The van der Waals surface area contributed by atoms with Crippen LogP contribution >= 0.6 is 0 Å². The van der Waals surface area contributed by atoms with Gasteiger partial charge in [-0.2, -0.15) is 0 Å². The lowest BCUT2D eigenvalue weighted by Crippen LogP contribution is -2.40. The van der Waals surface area contributed by atoms with Crippen LogP contribution in [0.1, 0.15) is 17.5 Å². The summed E-state index contributed by atoms with van der Waals surface area (Å²) in [4.78, 5) is 12.3. The molecule has 1 fully saturated rings. The van der Waals surface area contributed by atoms with E-state index in [4.69, 9.17) is 9.47 Å². The molecule has 5 heteroatoms. The largest absolute Gasteiger partial charge is 0.496 e. The third-order valence-electron chi connectivity index (χ3n) is 4.22. The Morgan fingerprint density at radius 3 is 2.84 bits per heavy atom. The Morgan fingerprint density at radius 1 is 1.28 bits per heavy atom. The van der Waals surface area contributed by atoms with Crippen molar-refractivity contribution in [2.24, 2.45) is 0 Å². The molecule has 0 aromatic heterocycles. The second kappa shape index (κ2) is 8.65. The van der Waals surface area contributed by atoms with Crippen LogP contribution in [-0.4, -0.2) is 38.8 Å². The van der Waals surface area contributed by atoms with Gasteiger partial charge in [-0.25, -0.2) is 0 Å². The fourth-order valence-electron chi connectivity index (χ4n) is 2.98. The molecule has 1 atom stereocenters. The summed E-state index contributed by atoms with van der Waals surface area (Å²) in [6.07, 6.45) is 1.05. The number of hydrogen-bond acceptors (Lipinski definition) is 4. The molecule has 1 amide bonds. The lowest BCUT2D eigenvalue weighted by atomic mass is 10.0. The van der Waals surface area contributed by atoms with Crippen molar-refractivity contribution in [3.8, 4) is 5.75 Å². The number of ether oxygens (including phenoxy) is 2. The van der Waals surface area contributed by atoms with Gasteiger partial charge in [0.1, 0.15) is 5.75 Å². The highest BCUT2D eigenvalue weighted by Gasteiger charge is 2.17. The van der Waals surface area contributed by atoms with Gasteiger partial charge < -0.3 is 20.1 Å². The third-order valence-corrected chi connectivity index (χ3v) is 4.22. The first-order valence-corrected chi connectivity index (χ1v) is 8.57. The number of amides is 1. The molecule has 2 aromatic carbocycles. The average Bonchev–Trinajstić information content (AvgIpc) is 2.63. The van der Waals surface area contributed by atoms with Crippen LogP contribution in [0.3, 0.4) is 0 Å². The standard InChI is InChI=1S/C20H24N2O3/c1-24-19-8-7-17(12-16(19)11-15-5-3-2-4-6-15)22-20(23)13-18-14-21-9-10-25-18/h2-8,12,18,21H,9-11,13-14H2,1H3,(H,22,23)/t18-/m0/s1. The molecule has 1 aliphatic heterocycles. The van der Waals surface area contributed by atoms with Crippen LogP contribution in [0.15, 0.2) is 48.5 Å². The molecule has 25 heavy (non-hydrogen) atoms. The Bertz CT molecular complexity index is 697. The fraction of sp³-hybridized carbons (Fsp3) is 0.350. The molecular weight excluding hydrogens is 316 g/mol. The van der Waals surface area contributed by atoms with E-state index in [-0.39, 0.29) is 12.0 Å². The number of nitrogens with one attached hydrogen (secondary N) is 2. The van der Waals surface area contributed by atoms with Crippen molar-refractivity contribution in [3.05, 3.63) is 59.7 Å². The monoisotopic (exact) mass is 340 g/mol. The predicted molar refractivity (Wildman–Crippen MR) is 98.1 cm³/mol. The Morgan fingerprint density at radius 2 is 2.12 bits per heavy atom. The fourth-order valence-corrected chi connectivity index (χ4v) is 2.98. The van der Waals surface area contributed by atoms with Crippen LogP contribution in [-0.2, 0) is 16.0 Å². The van der Waals surface area contributed by atoms with E-state index in [2.05, 4.69) is 22.8 Å². The van der Waals surface area contributed by atoms with Crippen LogP contribution in [0.4, 0.5) is 5.69 Å². The van der Waals surface area contributed by atoms with Gasteiger partial charge in [-0.05, 0) is 23.8 Å². The van der Waals surface area contributed by atoms with E-state index in [0.717, 1.165) is 36.5 Å². The van der Waals surface area contributed by atoms with E-state index in [1.807, 2.05) is 36.4 Å². The topological polar surface area (TPSA) is 59.6 Å². The summed E-state index contributed by atoms with van der Waals surface area (Å²) in [5, 5.41) is 6.20. The quantitative estimate of drug-likeness (QED) is 0.849. The molecule has 0 radical (unpaired) electrons. The summed E-state index contributed by atoms with van der Waals surface area (Å²) >= 11 is 0. The molecule has 2 aromatic rings. The predicted octanol–water partition coefficient (Wildman–Crippen LogP) is 2.60. The molecule has 1 aliphatic rings. The normalized spacial score (nSPS) is 17.1. The summed E-state index contributed by atoms with van der Waals surface area (Å²) in [6, 6.07) is 15.9. The highest BCUT2D eigenvalue weighted by molar-refractivity contribution is 5.91. The maximum Gasteiger partial charge on any atom is 0.227 e. The zero-order valence-corrected chi connectivity index (χ0v) is 14.5. The Balaban J connectivity index is 1.67. The summed E-state index contributed by atoms with van der Waals surface area (Å²) in [6.45, 7) is 2.22. The van der Waals surface area contributed by atoms with E-state index in [1.54, 1.807) is 7.11 Å². The van der Waals surface area contributed by atoms with Crippen molar-refractivity contribution in [2.75, 3.05) is 32.1 Å². The molecular formula is C20H24N2O3. The molecule has 1 saturated heterocycles. The van der Waals surface area contributed by atoms with Crippen molar-refractivity contribution in [2.45, 2.75) is 18.9 Å². The van der Waals surface area contributed by atoms with Crippen molar-refractivity contribution in [1.29, 1.82) is 0 Å². The highest BCUT2D eigenvalue weighted by Crippen LogP contribution is 2.25. The van der Waals surface area contributed by atoms with E-state index in [0.29, 0.717) is 13.0 Å². The summed E-state index contributed by atoms with van der Waals surface area (Å²) in [5.74, 6) is 0.784. The van der Waals surface area contributed by atoms with Crippen LogP contribution < -0.4 is 15.4 Å². The Labute approximate surface area is 148 Å². The van der Waals surface area contributed by atoms with Gasteiger partial charge in [0.05, 0.1) is 26.2 Å². The zero-order chi connectivity index (χ0) is 17.5. The van der Waals surface area contributed by atoms with Crippen molar-refractivity contribution < 1.29 is 14.3 Å². The van der Waals surface area contributed by atoms with Crippen LogP contribution in [0, 0.1) is 0 Å². The number of benzene rings is 2. The summed E-state index contributed by atoms with van der Waals surface area (Å²) in [7, 11) is 1.66. The molecule has 0 spiro atoms. The van der Waals surface area contributed by atoms with E-state index in [1.165, 1.54) is 5.56 Å². The van der Waals surface area contributed by atoms with Crippen molar-refractivity contribution >= 4 is 11.6 Å². The minimum Gasteiger partial charge on any atom is -0.496 e. The first-order valence-electron chi connectivity index (χ1n) is 8.57. The Kier molecular flexibility index (Phi) is 6.04. The number of anilines is 1. The Hall–Kier alpha value is -2.37. The van der Waals surface area contributed by atoms with Gasteiger partial charge in [0, 0.05) is 30.8 Å². The highest BCUT2D eigenvalue weighted by atomic mass is 16.5. The van der Waals surface area contributed by atoms with E-state index in [9.17, 15) is 4.79 Å². The maximum absolute atomic E-state index is 12.3. The molecule has 0 bridgehead atoms. The molecule has 5 nitrogen and oxygen atoms in total. The average molecular weight is 340 g/mol. The number of carbonyl (C=O) groups excluding carboxylic acids is 1. The molecule has 0 unspecified atom stereocenters. The molecule has 1 heterocycles. The van der Waals surface area contributed by atoms with Gasteiger partial charge in [-0.3, -0.25) is 4.79 Å². The van der Waals surface area contributed by atoms with Crippen LogP contribution in [0.2, 0.25) is 0 Å². The molecule has 0 saturated carbocycles. The lowest BCUT2D eigenvalue weighted by Gasteiger charge is -2.23. The van der Waals surface area contributed by atoms with Gasteiger partial charge in [0.15, 0.2) is 0 Å². The second-order valence-corrected chi connectivity index (χ2v) is 6.14. The number of carbonyl (C=O) groups is 1. The van der Waals surface area contributed by atoms with Crippen molar-refractivity contribution in [3.63, 3.8) is 0 Å². The van der Waals surface area contributed by atoms with Crippen LogP contribution in [0.5, 0.6) is 5.75 Å². The number of morpholine rings is 1. The molecule has 3 rings (SSSR count). The zero-order valence-electron chi connectivity index (χ0n) is 14.5. The molecule has 132 valence electrons. The number of methoxy groups -OCH3 is 1.